The second kappa shape index (κ2) is 12.5. The molecule has 1 amide bonds. The van der Waals surface area contributed by atoms with Gasteiger partial charge in [0.05, 0.1) is 0 Å². The van der Waals surface area contributed by atoms with E-state index < -0.39 is 21.4 Å². The monoisotopic (exact) mass is 347 g/mol. The Balaban J connectivity index is 3.62. The zero-order valence-corrected chi connectivity index (χ0v) is 15.5. The molecular formula is C17H33NO4S. The molecule has 0 bridgehead atoms. The minimum absolute atomic E-state index is 0.361. The molecule has 1 atom stereocenters. The molecular weight excluding hydrogens is 314 g/mol. The van der Waals surface area contributed by atoms with Crippen molar-refractivity contribution in [1.82, 2.24) is 5.32 Å². The maximum atomic E-state index is 11.7. The number of rotatable bonds is 14. The average molecular weight is 348 g/mol. The summed E-state index contributed by atoms with van der Waals surface area (Å²) in [4.78, 5) is 11.7. The number of hydrogen-bond acceptors (Lipinski definition) is 3. The van der Waals surface area contributed by atoms with Gasteiger partial charge in [0, 0.05) is 5.57 Å². The normalized spacial score (nSPS) is 12.8. The third-order valence-electron chi connectivity index (χ3n) is 3.93. The van der Waals surface area contributed by atoms with Gasteiger partial charge in [-0.25, -0.2) is 0 Å². The SMILES string of the molecule is C=C(CCCCCCCCCCCC)C(=O)NC(C)S(=O)(=O)O. The summed E-state index contributed by atoms with van der Waals surface area (Å²) >= 11 is 0. The molecule has 0 heterocycles. The highest BCUT2D eigenvalue weighted by atomic mass is 32.2. The highest BCUT2D eigenvalue weighted by Crippen LogP contribution is 2.13. The lowest BCUT2D eigenvalue weighted by Gasteiger charge is -2.12. The van der Waals surface area contributed by atoms with Crippen LogP contribution in [0.5, 0.6) is 0 Å². The fraction of sp³-hybridized carbons (Fsp3) is 0.824. The fourth-order valence-corrected chi connectivity index (χ4v) is 2.56. The van der Waals surface area contributed by atoms with Crippen LogP contribution >= 0.6 is 0 Å². The maximum Gasteiger partial charge on any atom is 0.285 e. The van der Waals surface area contributed by atoms with Crippen molar-refractivity contribution in [1.29, 1.82) is 0 Å². The lowest BCUT2D eigenvalue weighted by atomic mass is 10.0. The Morgan fingerprint density at radius 3 is 1.87 bits per heavy atom. The molecule has 6 heteroatoms. The van der Waals surface area contributed by atoms with Gasteiger partial charge < -0.3 is 5.32 Å². The maximum absolute atomic E-state index is 11.7. The van der Waals surface area contributed by atoms with E-state index in [1.54, 1.807) is 0 Å². The van der Waals surface area contributed by atoms with Crippen molar-refractivity contribution < 1.29 is 17.8 Å². The van der Waals surface area contributed by atoms with Crippen LogP contribution in [0.2, 0.25) is 0 Å². The molecule has 136 valence electrons. The van der Waals surface area contributed by atoms with Crippen LogP contribution in [0.25, 0.3) is 0 Å². The van der Waals surface area contributed by atoms with Gasteiger partial charge in [0.2, 0.25) is 5.91 Å². The van der Waals surface area contributed by atoms with Gasteiger partial charge in [-0.1, -0.05) is 71.3 Å². The molecule has 0 saturated heterocycles. The molecule has 0 aliphatic rings. The molecule has 2 N–H and O–H groups in total. The smallest absolute Gasteiger partial charge is 0.285 e. The Labute approximate surface area is 141 Å². The number of carbonyl (C=O) groups excluding carboxylic acids is 1. The Bertz CT molecular complexity index is 446. The van der Waals surface area contributed by atoms with E-state index in [4.69, 9.17) is 4.55 Å². The third kappa shape index (κ3) is 12.2. The topological polar surface area (TPSA) is 83.5 Å². The first kappa shape index (κ1) is 22.1. The van der Waals surface area contributed by atoms with E-state index in [0.717, 1.165) is 19.3 Å². The summed E-state index contributed by atoms with van der Waals surface area (Å²) in [6, 6.07) is 0. The van der Waals surface area contributed by atoms with E-state index in [1.807, 2.05) is 0 Å². The summed E-state index contributed by atoms with van der Waals surface area (Å²) in [5, 5.41) is 0.923. The minimum atomic E-state index is -4.25. The van der Waals surface area contributed by atoms with Crippen molar-refractivity contribution in [2.45, 2.75) is 89.9 Å². The van der Waals surface area contributed by atoms with Gasteiger partial charge in [-0.3, -0.25) is 9.35 Å². The molecule has 0 aliphatic carbocycles. The third-order valence-corrected chi connectivity index (χ3v) is 4.95. The lowest BCUT2D eigenvalue weighted by Crippen LogP contribution is -2.38. The number of carbonyl (C=O) groups is 1. The highest BCUT2D eigenvalue weighted by molar-refractivity contribution is 7.86. The number of amides is 1. The van der Waals surface area contributed by atoms with Gasteiger partial charge >= 0.3 is 0 Å². The molecule has 23 heavy (non-hydrogen) atoms. The van der Waals surface area contributed by atoms with Crippen LogP contribution in [0.15, 0.2) is 12.2 Å². The van der Waals surface area contributed by atoms with E-state index in [9.17, 15) is 13.2 Å². The Kier molecular flexibility index (Phi) is 12.1. The summed E-state index contributed by atoms with van der Waals surface area (Å²) in [5.41, 5.74) is 0.361. The van der Waals surface area contributed by atoms with Crippen LogP contribution in [0.3, 0.4) is 0 Å². The van der Waals surface area contributed by atoms with Gasteiger partial charge in [0.15, 0.2) is 5.37 Å². The van der Waals surface area contributed by atoms with E-state index in [2.05, 4.69) is 18.8 Å². The Hall–Kier alpha value is -0.880. The van der Waals surface area contributed by atoms with Crippen molar-refractivity contribution >= 4 is 16.0 Å². The van der Waals surface area contributed by atoms with E-state index >= 15 is 0 Å². The first-order chi connectivity index (χ1) is 10.8. The van der Waals surface area contributed by atoms with Gasteiger partial charge in [-0.2, -0.15) is 8.42 Å². The van der Waals surface area contributed by atoms with Gasteiger partial charge in [-0.15, -0.1) is 0 Å². The molecule has 0 rings (SSSR count). The van der Waals surface area contributed by atoms with Crippen LogP contribution in [0, 0.1) is 0 Å². The molecule has 5 nitrogen and oxygen atoms in total. The molecule has 0 aliphatic heterocycles. The Morgan fingerprint density at radius 2 is 1.43 bits per heavy atom. The van der Waals surface area contributed by atoms with Crippen LogP contribution in [-0.2, 0) is 14.9 Å². The fourth-order valence-electron chi connectivity index (χ4n) is 2.30. The minimum Gasteiger partial charge on any atom is -0.334 e. The van der Waals surface area contributed by atoms with Crippen LogP contribution in [0.1, 0.15) is 84.5 Å². The molecule has 0 aromatic heterocycles. The molecule has 0 aromatic carbocycles. The summed E-state index contributed by atoms with van der Waals surface area (Å²) < 4.78 is 30.5. The molecule has 0 aromatic rings. The summed E-state index contributed by atoms with van der Waals surface area (Å²) in [5.74, 6) is -0.508. The van der Waals surface area contributed by atoms with Gasteiger partial charge in [0.25, 0.3) is 10.1 Å². The Morgan fingerprint density at radius 1 is 1.00 bits per heavy atom. The largest absolute Gasteiger partial charge is 0.334 e. The van der Waals surface area contributed by atoms with Crippen molar-refractivity contribution in [3.8, 4) is 0 Å². The average Bonchev–Trinajstić information content (AvgIpc) is 2.47. The summed E-state index contributed by atoms with van der Waals surface area (Å²) in [6.45, 7) is 7.12. The van der Waals surface area contributed by atoms with Crippen LogP contribution in [0.4, 0.5) is 0 Å². The first-order valence-electron chi connectivity index (χ1n) is 8.74. The second-order valence-electron chi connectivity index (χ2n) is 6.17. The standard InChI is InChI=1S/C17H33NO4S/c1-4-5-6-7-8-9-10-11-12-13-14-15(2)17(19)18-16(3)23(20,21)22/h16H,2,4-14H2,1,3H3,(H,18,19)(H,20,21,22). The van der Waals surface area contributed by atoms with Crippen molar-refractivity contribution in [2.75, 3.05) is 0 Å². The summed E-state index contributed by atoms with van der Waals surface area (Å²) in [7, 11) is -4.25. The first-order valence-corrected chi connectivity index (χ1v) is 10.2. The van der Waals surface area contributed by atoms with Crippen molar-refractivity contribution in [3.05, 3.63) is 12.2 Å². The molecule has 0 radical (unpaired) electrons. The number of hydrogen-bond donors (Lipinski definition) is 2. The predicted octanol–water partition coefficient (Wildman–Crippen LogP) is 4.20. The number of unbranched alkanes of at least 4 members (excludes halogenated alkanes) is 9. The van der Waals surface area contributed by atoms with Crippen LogP contribution < -0.4 is 5.32 Å². The highest BCUT2D eigenvalue weighted by Gasteiger charge is 2.20. The van der Waals surface area contributed by atoms with Gasteiger partial charge in [-0.05, 0) is 19.8 Å². The van der Waals surface area contributed by atoms with Crippen LogP contribution in [-0.4, -0.2) is 24.3 Å². The molecule has 0 fully saturated rings. The molecule has 0 spiro atoms. The van der Waals surface area contributed by atoms with E-state index in [0.29, 0.717) is 12.0 Å². The second-order valence-corrected chi connectivity index (χ2v) is 7.90. The van der Waals surface area contributed by atoms with Crippen molar-refractivity contribution in [3.63, 3.8) is 0 Å². The zero-order chi connectivity index (χ0) is 17.7. The van der Waals surface area contributed by atoms with Gasteiger partial charge in [0.1, 0.15) is 0 Å². The molecule has 0 saturated carbocycles. The lowest BCUT2D eigenvalue weighted by molar-refractivity contribution is -0.117. The van der Waals surface area contributed by atoms with E-state index in [-0.39, 0.29) is 0 Å². The van der Waals surface area contributed by atoms with E-state index in [1.165, 1.54) is 51.9 Å². The quantitative estimate of drug-likeness (QED) is 0.280. The molecule has 1 unspecified atom stereocenters. The predicted molar refractivity (Wildman–Crippen MR) is 94.8 cm³/mol. The summed E-state index contributed by atoms with van der Waals surface area (Å²) in [6.07, 6.45) is 12.7. The zero-order valence-electron chi connectivity index (χ0n) is 14.6. The number of nitrogens with one attached hydrogen (secondary N) is 1. The van der Waals surface area contributed by atoms with Crippen molar-refractivity contribution in [2.24, 2.45) is 0 Å².